The van der Waals surface area contributed by atoms with Crippen LogP contribution in [0.3, 0.4) is 0 Å². The fraction of sp³-hybridized carbons (Fsp3) is 0.800. The molecule has 0 heterocycles. The zero-order valence-electron chi connectivity index (χ0n) is 5.13. The average Bonchev–Trinajstić information content (AvgIpc) is 1.83. The van der Waals surface area contributed by atoms with Crippen LogP contribution >= 0.6 is 12.2 Å². The van der Waals surface area contributed by atoms with Crippen molar-refractivity contribution in [1.82, 2.24) is 4.90 Å². The summed E-state index contributed by atoms with van der Waals surface area (Å²) in [6.45, 7) is 4.57. The molecule has 2 N–H and O–H groups in total. The molecule has 0 aliphatic rings. The summed E-state index contributed by atoms with van der Waals surface area (Å²) in [6, 6.07) is 0. The Morgan fingerprint density at radius 3 is 2.50 bits per heavy atom. The van der Waals surface area contributed by atoms with Gasteiger partial charge in [0, 0.05) is 19.6 Å². The molecule has 3 heteroatoms. The van der Waals surface area contributed by atoms with Crippen LogP contribution in [0.1, 0.15) is 6.92 Å². The van der Waals surface area contributed by atoms with Crippen molar-refractivity contribution in [1.29, 1.82) is 0 Å². The molecule has 48 valence electrons. The van der Waals surface area contributed by atoms with Crippen LogP contribution in [0.5, 0.6) is 0 Å². The van der Waals surface area contributed by atoms with Crippen molar-refractivity contribution < 1.29 is 0 Å². The molecular weight excluding hydrogens is 120 g/mol. The van der Waals surface area contributed by atoms with Gasteiger partial charge in [0.05, 0.1) is 5.49 Å². The highest BCUT2D eigenvalue weighted by Crippen LogP contribution is 1.78. The Bertz CT molecular complexity index is 65.4. The first-order valence-electron chi connectivity index (χ1n) is 2.74. The van der Waals surface area contributed by atoms with E-state index >= 15 is 0 Å². The Kier molecular flexibility index (Phi) is 4.90. The summed E-state index contributed by atoms with van der Waals surface area (Å²) in [6.07, 6.45) is 0. The fourth-order valence-electron chi connectivity index (χ4n) is 0.451. The van der Waals surface area contributed by atoms with Gasteiger partial charge in [-0.1, -0.05) is 12.2 Å². The van der Waals surface area contributed by atoms with E-state index in [-0.39, 0.29) is 0 Å². The molecule has 0 rings (SSSR count). The van der Waals surface area contributed by atoms with Crippen molar-refractivity contribution in [2.24, 2.45) is 5.73 Å². The van der Waals surface area contributed by atoms with E-state index < -0.39 is 0 Å². The van der Waals surface area contributed by atoms with Gasteiger partial charge in [0.1, 0.15) is 0 Å². The summed E-state index contributed by atoms with van der Waals surface area (Å²) in [5.41, 5.74) is 6.92. The Balaban J connectivity index is 3.21. The first-order valence-corrected chi connectivity index (χ1v) is 3.21. The molecule has 0 aromatic carbocycles. The van der Waals surface area contributed by atoms with E-state index in [1.54, 1.807) is 5.49 Å². The predicted molar refractivity (Wildman–Crippen MR) is 40.0 cm³/mol. The van der Waals surface area contributed by atoms with Crippen molar-refractivity contribution in [3.05, 3.63) is 0 Å². The standard InChI is InChI=1S/C5H12N2S/c1-2-7(5-8)4-3-6/h5H,2-4,6H2,1H3. The second-order valence-electron chi connectivity index (χ2n) is 1.52. The van der Waals surface area contributed by atoms with Crippen LogP contribution in [-0.2, 0) is 0 Å². The highest BCUT2D eigenvalue weighted by atomic mass is 32.1. The maximum atomic E-state index is 5.27. The average molecular weight is 132 g/mol. The van der Waals surface area contributed by atoms with Crippen LogP contribution in [0, 0.1) is 0 Å². The highest BCUT2D eigenvalue weighted by Gasteiger charge is 1.89. The SMILES string of the molecule is CCN(C=S)CCN. The van der Waals surface area contributed by atoms with Crippen molar-refractivity contribution in [3.8, 4) is 0 Å². The van der Waals surface area contributed by atoms with Crippen molar-refractivity contribution in [2.45, 2.75) is 6.92 Å². The lowest BCUT2D eigenvalue weighted by molar-refractivity contribution is 0.471. The topological polar surface area (TPSA) is 29.3 Å². The van der Waals surface area contributed by atoms with Crippen LogP contribution in [0.25, 0.3) is 0 Å². The van der Waals surface area contributed by atoms with Gasteiger partial charge in [-0.25, -0.2) is 0 Å². The van der Waals surface area contributed by atoms with Gasteiger partial charge in [-0.2, -0.15) is 0 Å². The van der Waals surface area contributed by atoms with Gasteiger partial charge in [0.25, 0.3) is 0 Å². The van der Waals surface area contributed by atoms with Gasteiger partial charge in [0.2, 0.25) is 0 Å². The molecule has 0 aliphatic heterocycles. The quantitative estimate of drug-likeness (QED) is 0.555. The molecule has 2 nitrogen and oxygen atoms in total. The van der Waals surface area contributed by atoms with Crippen LogP contribution in [0.15, 0.2) is 0 Å². The second kappa shape index (κ2) is 5.00. The molecule has 0 aromatic heterocycles. The molecule has 0 aliphatic carbocycles. The van der Waals surface area contributed by atoms with E-state index in [0.29, 0.717) is 6.54 Å². The maximum Gasteiger partial charge on any atom is 0.0641 e. The summed E-state index contributed by atoms with van der Waals surface area (Å²) < 4.78 is 0. The third-order valence-electron chi connectivity index (χ3n) is 0.972. The minimum atomic E-state index is 0.682. The molecule has 0 saturated carbocycles. The van der Waals surface area contributed by atoms with E-state index in [2.05, 4.69) is 19.1 Å². The molecule has 0 fully saturated rings. The van der Waals surface area contributed by atoms with Crippen molar-refractivity contribution >= 4 is 17.7 Å². The molecule has 0 spiro atoms. The van der Waals surface area contributed by atoms with Gasteiger partial charge >= 0.3 is 0 Å². The largest absolute Gasteiger partial charge is 0.368 e. The van der Waals surface area contributed by atoms with E-state index in [1.807, 2.05) is 4.90 Å². The maximum absolute atomic E-state index is 5.27. The lowest BCUT2D eigenvalue weighted by Gasteiger charge is -2.13. The summed E-state index contributed by atoms with van der Waals surface area (Å²) in [4.78, 5) is 2.00. The third-order valence-corrected chi connectivity index (χ3v) is 1.27. The van der Waals surface area contributed by atoms with Gasteiger partial charge in [-0.3, -0.25) is 0 Å². The van der Waals surface area contributed by atoms with Crippen molar-refractivity contribution in [2.75, 3.05) is 19.6 Å². The Labute approximate surface area is 55.7 Å². The molecule has 8 heavy (non-hydrogen) atoms. The highest BCUT2D eigenvalue weighted by molar-refractivity contribution is 7.78. The zero-order chi connectivity index (χ0) is 6.41. The molecule has 0 atom stereocenters. The lowest BCUT2D eigenvalue weighted by Crippen LogP contribution is -2.26. The summed E-state index contributed by atoms with van der Waals surface area (Å²) >= 11 is 4.68. The molecule has 0 amide bonds. The van der Waals surface area contributed by atoms with Gasteiger partial charge in [-0.05, 0) is 6.92 Å². The van der Waals surface area contributed by atoms with Crippen LogP contribution in [-0.4, -0.2) is 30.0 Å². The molecule has 0 aromatic rings. The van der Waals surface area contributed by atoms with Crippen LogP contribution < -0.4 is 5.73 Å². The van der Waals surface area contributed by atoms with Crippen LogP contribution in [0.4, 0.5) is 0 Å². The first kappa shape index (κ1) is 7.85. The van der Waals surface area contributed by atoms with E-state index in [9.17, 15) is 0 Å². The zero-order valence-corrected chi connectivity index (χ0v) is 5.95. The summed E-state index contributed by atoms with van der Waals surface area (Å²) in [5.74, 6) is 0. The predicted octanol–water partition coefficient (Wildman–Crippen LogP) is 0.224. The van der Waals surface area contributed by atoms with E-state index in [0.717, 1.165) is 13.1 Å². The number of rotatable bonds is 4. The van der Waals surface area contributed by atoms with E-state index in [4.69, 9.17) is 5.73 Å². The monoisotopic (exact) mass is 132 g/mol. The summed E-state index contributed by atoms with van der Waals surface area (Å²) in [5, 5.41) is 0. The van der Waals surface area contributed by atoms with Gasteiger partial charge in [0.15, 0.2) is 0 Å². The number of nitrogens with zero attached hydrogens (tertiary/aromatic N) is 1. The minimum absolute atomic E-state index is 0.682. The Morgan fingerprint density at radius 1 is 1.75 bits per heavy atom. The number of nitrogens with two attached hydrogens (primary N) is 1. The molecule has 0 bridgehead atoms. The van der Waals surface area contributed by atoms with Crippen molar-refractivity contribution in [3.63, 3.8) is 0 Å². The minimum Gasteiger partial charge on any atom is -0.368 e. The number of hydrogen-bond acceptors (Lipinski definition) is 2. The van der Waals surface area contributed by atoms with Gasteiger partial charge < -0.3 is 10.6 Å². The number of hydrogen-bond donors (Lipinski definition) is 1. The molecule has 0 radical (unpaired) electrons. The van der Waals surface area contributed by atoms with Gasteiger partial charge in [-0.15, -0.1) is 0 Å². The normalized spacial score (nSPS) is 8.75. The second-order valence-corrected chi connectivity index (χ2v) is 1.73. The Morgan fingerprint density at radius 2 is 2.38 bits per heavy atom. The lowest BCUT2D eigenvalue weighted by atomic mass is 10.5. The fourth-order valence-corrected chi connectivity index (χ4v) is 0.706. The molecular formula is C5H12N2S. The molecule has 0 saturated heterocycles. The summed E-state index contributed by atoms with van der Waals surface area (Å²) in [7, 11) is 0. The third kappa shape index (κ3) is 2.93. The molecule has 0 unspecified atom stereocenters. The van der Waals surface area contributed by atoms with E-state index in [1.165, 1.54) is 0 Å². The smallest absolute Gasteiger partial charge is 0.0641 e. The number of likely N-dealkylation sites (N-methyl/N-ethyl adjacent to an activating group) is 1. The van der Waals surface area contributed by atoms with Crippen LogP contribution in [0.2, 0.25) is 0 Å². The first-order chi connectivity index (χ1) is 3.85. The number of thiocarbonyl (C=S) groups is 1. The Hall–Kier alpha value is -0.150.